The Morgan fingerprint density at radius 1 is 0.449 bits per heavy atom. The Balaban J connectivity index is 2.58. The molecule has 2 amide bonds. The van der Waals surface area contributed by atoms with Crippen molar-refractivity contribution in [2.24, 2.45) is 4.99 Å². The molecule has 78 heavy (non-hydrogen) atoms. The summed E-state index contributed by atoms with van der Waals surface area (Å²) in [7, 11) is -8.89. The summed E-state index contributed by atoms with van der Waals surface area (Å²) in [5, 5.41) is 34.8. The quantitative estimate of drug-likeness (QED) is 0.0260. The summed E-state index contributed by atoms with van der Waals surface area (Å²) in [6.07, 6.45) is -4.55. The van der Waals surface area contributed by atoms with Gasteiger partial charge in [0.2, 0.25) is 5.96 Å². The number of amides is 2. The normalized spacial score (nSPS) is 13.2. The van der Waals surface area contributed by atoms with Gasteiger partial charge in [-0.15, -0.1) is 0 Å². The second kappa shape index (κ2) is 42.5. The molecule has 448 valence electrons. The van der Waals surface area contributed by atoms with Crippen molar-refractivity contribution in [1.82, 2.24) is 9.80 Å². The first-order valence-corrected chi connectivity index (χ1v) is 33.6. The van der Waals surface area contributed by atoms with Gasteiger partial charge in [-0.3, -0.25) is 0 Å². The molecule has 25 heteroatoms. The van der Waals surface area contributed by atoms with E-state index in [1.165, 1.54) is 0 Å². The van der Waals surface area contributed by atoms with E-state index in [1.807, 2.05) is 74.4 Å². The molecule has 0 heterocycles. The van der Waals surface area contributed by atoms with Gasteiger partial charge < -0.3 is 78.8 Å². The van der Waals surface area contributed by atoms with Crippen LogP contribution in [-0.4, -0.2) is 207 Å². The maximum atomic E-state index is 14.6. The summed E-state index contributed by atoms with van der Waals surface area (Å²) in [6, 6.07) is 19.3. The van der Waals surface area contributed by atoms with Gasteiger partial charge in [-0.2, -0.15) is 0 Å². The third kappa shape index (κ3) is 28.4. The van der Waals surface area contributed by atoms with Crippen molar-refractivity contribution in [2.75, 3.05) is 119 Å². The predicted molar refractivity (Wildman–Crippen MR) is 300 cm³/mol. The van der Waals surface area contributed by atoms with Crippen LogP contribution in [-0.2, 0) is 76.7 Å². The summed E-state index contributed by atoms with van der Waals surface area (Å²) in [5.74, 6) is -0.397. The van der Waals surface area contributed by atoms with Gasteiger partial charge in [0.15, 0.2) is 0 Å². The Morgan fingerprint density at radius 2 is 0.731 bits per heavy atom. The van der Waals surface area contributed by atoms with Gasteiger partial charge in [0.1, 0.15) is 13.2 Å². The number of carbonyl (C=O) groups excluding carboxylic acids is 2. The van der Waals surface area contributed by atoms with Crippen molar-refractivity contribution >= 4 is 44.6 Å². The molecule has 0 bridgehead atoms. The number of aliphatic imine (C=N–C) groups is 1. The Hall–Kier alpha value is -3.30. The summed E-state index contributed by atoms with van der Waals surface area (Å²) in [4.78, 5) is 35.7. The Kier molecular flexibility index (Phi) is 38.6. The molecule has 3 N–H and O–H groups in total. The summed E-state index contributed by atoms with van der Waals surface area (Å²) in [5.41, 5.74) is 1.32. The molecule has 3 atom stereocenters. The zero-order chi connectivity index (χ0) is 57.3. The van der Waals surface area contributed by atoms with Crippen LogP contribution in [0.1, 0.15) is 92.7 Å². The maximum Gasteiger partial charge on any atom is 0.501 e. The second-order valence-corrected chi connectivity index (χ2v) is 25.6. The topological polar surface area (TPSA) is 243 Å². The molecule has 0 aliphatic heterocycles. The molecule has 2 aromatic rings. The van der Waals surface area contributed by atoms with E-state index in [0.29, 0.717) is 108 Å². The molecule has 2 aromatic carbocycles. The van der Waals surface area contributed by atoms with E-state index >= 15 is 0 Å². The number of hydrogen-bond donors (Lipinski definition) is 3. The number of ether oxygens (including phenoxy) is 5. The lowest BCUT2D eigenvalue weighted by molar-refractivity contribution is 0.0121. The molecule has 2 rings (SSSR count). The molecule has 0 saturated carbocycles. The number of aliphatic hydroxyl groups excluding tert-OH is 3. The Bertz CT molecular complexity index is 1700. The van der Waals surface area contributed by atoms with E-state index in [1.54, 1.807) is 48.5 Å². The van der Waals surface area contributed by atoms with Gasteiger partial charge in [0.05, 0.1) is 57.8 Å². The number of nitrogens with zero attached hydrogens (tertiary/aromatic N) is 3. The number of rotatable bonds is 46. The highest BCUT2D eigenvalue weighted by molar-refractivity contribution is 6.61. The summed E-state index contributed by atoms with van der Waals surface area (Å²) in [6.45, 7) is 18.8. The zero-order valence-electron chi connectivity index (χ0n) is 48.1. The smallest absolute Gasteiger partial charge is 0.444 e. The SMILES string of the molecule is CCO[Si](CCCOCC(O)CN=C(N(CC(O)COCCC[Si](OCC)(OCC)OCC)C(=O)OCc1ccccc1)N(CC(O)COCCC[Si](OCC)(OCC)OCC)C(=O)OCc1ccccc1)(OCC)OCC. The van der Waals surface area contributed by atoms with Gasteiger partial charge in [0.25, 0.3) is 0 Å². The van der Waals surface area contributed by atoms with Crippen molar-refractivity contribution in [3.63, 3.8) is 0 Å². The van der Waals surface area contributed by atoms with Crippen LogP contribution >= 0.6 is 0 Å². The number of aliphatic hydroxyl groups is 3. The molecule has 0 spiro atoms. The average Bonchev–Trinajstić information content (AvgIpc) is 3.42. The van der Waals surface area contributed by atoms with Crippen molar-refractivity contribution in [1.29, 1.82) is 0 Å². The van der Waals surface area contributed by atoms with E-state index in [0.717, 1.165) is 9.80 Å². The van der Waals surface area contributed by atoms with Crippen molar-refractivity contribution in [2.45, 2.75) is 131 Å². The minimum absolute atomic E-state index is 0.187. The van der Waals surface area contributed by atoms with Crippen LogP contribution in [0, 0.1) is 0 Å². The van der Waals surface area contributed by atoms with Crippen LogP contribution in [0.25, 0.3) is 0 Å². The molecule has 0 radical (unpaired) electrons. The standard InChI is InChI=1S/C53H95N3O19Si3/c1-10-67-76(68-11-2,69-12-3)35-25-32-62-43-48(57)38-54-51(55(52(60)65-41-46-28-21-19-22-29-46)39-49(58)44-63-33-26-36-77(70-13-4,71-14-5)72-15-6)56(53(61)66-42-47-30-23-20-24-31-47)40-50(59)45-64-34-27-37-78(73-16-7,74-17-8)75-18-9/h19-24,28-31,48-50,57-59H,10-18,25-27,32-45H2,1-9H3. The van der Waals surface area contributed by atoms with E-state index in [-0.39, 0.29) is 52.9 Å². The first-order chi connectivity index (χ1) is 37.8. The fraction of sp³-hybridized carbons (Fsp3) is 0.717. The van der Waals surface area contributed by atoms with Gasteiger partial charge in [0, 0.05) is 97.4 Å². The lowest BCUT2D eigenvalue weighted by Crippen LogP contribution is -2.55. The fourth-order valence-electron chi connectivity index (χ4n) is 7.99. The van der Waals surface area contributed by atoms with Crippen molar-refractivity contribution in [3.8, 4) is 0 Å². The summed E-state index contributed by atoms with van der Waals surface area (Å²) >= 11 is 0. The van der Waals surface area contributed by atoms with Gasteiger partial charge in [-0.1, -0.05) is 60.7 Å². The van der Waals surface area contributed by atoms with Crippen LogP contribution < -0.4 is 0 Å². The van der Waals surface area contributed by atoms with Crippen LogP contribution in [0.2, 0.25) is 18.1 Å². The highest BCUT2D eigenvalue weighted by Gasteiger charge is 2.42. The van der Waals surface area contributed by atoms with E-state index in [4.69, 9.17) is 63.5 Å². The first-order valence-electron chi connectivity index (χ1n) is 27.8. The lowest BCUT2D eigenvalue weighted by atomic mass is 10.2. The zero-order valence-corrected chi connectivity index (χ0v) is 51.1. The first kappa shape index (κ1) is 70.8. The lowest BCUT2D eigenvalue weighted by Gasteiger charge is -2.33. The van der Waals surface area contributed by atoms with Crippen LogP contribution in [0.3, 0.4) is 0 Å². The highest BCUT2D eigenvalue weighted by atomic mass is 28.4. The summed E-state index contributed by atoms with van der Waals surface area (Å²) < 4.78 is 83.3. The minimum Gasteiger partial charge on any atom is -0.444 e. The second-order valence-electron chi connectivity index (χ2n) is 17.4. The molecule has 22 nitrogen and oxygen atoms in total. The van der Waals surface area contributed by atoms with Gasteiger partial charge in [-0.25, -0.2) is 24.4 Å². The molecule has 3 unspecified atom stereocenters. The van der Waals surface area contributed by atoms with Crippen LogP contribution in [0.15, 0.2) is 65.7 Å². The molecule has 0 aliphatic carbocycles. The van der Waals surface area contributed by atoms with Crippen molar-refractivity contribution < 1.29 is 88.4 Å². The average molecular weight is 1160 g/mol. The number of guanidine groups is 1. The largest absolute Gasteiger partial charge is 0.501 e. The van der Waals surface area contributed by atoms with E-state index < -0.39 is 82.5 Å². The van der Waals surface area contributed by atoms with Crippen LogP contribution in [0.5, 0.6) is 0 Å². The highest BCUT2D eigenvalue weighted by Crippen LogP contribution is 2.22. The molecule has 0 saturated heterocycles. The van der Waals surface area contributed by atoms with Gasteiger partial charge >= 0.3 is 38.6 Å². The molecule has 0 aromatic heterocycles. The van der Waals surface area contributed by atoms with Crippen LogP contribution in [0.4, 0.5) is 9.59 Å². The number of benzene rings is 2. The Labute approximate surface area is 467 Å². The van der Waals surface area contributed by atoms with E-state index in [2.05, 4.69) is 4.99 Å². The molecule has 0 aliphatic rings. The Morgan fingerprint density at radius 3 is 1.01 bits per heavy atom. The fourth-order valence-corrected chi connectivity index (χ4v) is 15.7. The molecular weight excluding hydrogens is 1070 g/mol. The predicted octanol–water partition coefficient (Wildman–Crippen LogP) is 7.07. The monoisotopic (exact) mass is 1160 g/mol. The maximum absolute atomic E-state index is 14.6. The third-order valence-electron chi connectivity index (χ3n) is 11.1. The number of carbonyl (C=O) groups is 2. The van der Waals surface area contributed by atoms with Gasteiger partial charge in [-0.05, 0) is 92.7 Å². The van der Waals surface area contributed by atoms with E-state index in [9.17, 15) is 24.9 Å². The molecular formula is C53H95N3O19Si3. The third-order valence-corrected chi connectivity index (χ3v) is 20.5. The molecule has 0 fully saturated rings. The number of hydrogen-bond acceptors (Lipinski definition) is 20. The minimum atomic E-state index is -2.97. The van der Waals surface area contributed by atoms with Crippen molar-refractivity contribution in [3.05, 3.63) is 71.8 Å².